The number of ether oxygens (including phenoxy) is 2. The first-order valence-electron chi connectivity index (χ1n) is 6.54. The molecule has 1 aromatic rings. The van der Waals surface area contributed by atoms with Crippen molar-refractivity contribution < 1.29 is 19.4 Å². The van der Waals surface area contributed by atoms with Crippen molar-refractivity contribution >= 4 is 11.6 Å². The molecule has 4 N–H and O–H groups in total. The number of aliphatic hydroxyl groups excluding tert-OH is 1. The van der Waals surface area contributed by atoms with Crippen molar-refractivity contribution in [3.63, 3.8) is 0 Å². The van der Waals surface area contributed by atoms with Crippen LogP contribution in [0.4, 0.5) is 5.69 Å². The van der Waals surface area contributed by atoms with Crippen molar-refractivity contribution in [1.82, 2.24) is 5.32 Å². The van der Waals surface area contributed by atoms with E-state index in [0.29, 0.717) is 36.6 Å². The highest BCUT2D eigenvalue weighted by Crippen LogP contribution is 2.19. The van der Waals surface area contributed by atoms with E-state index in [1.165, 1.54) is 0 Å². The number of anilines is 1. The Labute approximate surface area is 118 Å². The van der Waals surface area contributed by atoms with Crippen LogP contribution in [0.15, 0.2) is 18.2 Å². The third-order valence-electron chi connectivity index (χ3n) is 2.68. The summed E-state index contributed by atoms with van der Waals surface area (Å²) < 4.78 is 10.4. The van der Waals surface area contributed by atoms with Crippen LogP contribution in [0, 0.1) is 0 Å². The van der Waals surface area contributed by atoms with Crippen LogP contribution in [0.3, 0.4) is 0 Å². The van der Waals surface area contributed by atoms with E-state index >= 15 is 0 Å². The normalized spacial score (nSPS) is 11.9. The molecule has 1 rings (SSSR count). The van der Waals surface area contributed by atoms with Gasteiger partial charge in [0.25, 0.3) is 5.91 Å². The predicted octanol–water partition coefficient (Wildman–Crippen LogP) is 0.795. The molecule has 0 aliphatic carbocycles. The molecule has 1 aromatic carbocycles. The summed E-state index contributed by atoms with van der Waals surface area (Å²) in [5.41, 5.74) is 6.64. The smallest absolute Gasteiger partial charge is 0.251 e. The van der Waals surface area contributed by atoms with Crippen LogP contribution in [-0.4, -0.2) is 44.0 Å². The Morgan fingerprint density at radius 2 is 2.20 bits per heavy atom. The van der Waals surface area contributed by atoms with Gasteiger partial charge in [0.05, 0.1) is 19.3 Å². The van der Waals surface area contributed by atoms with Crippen LogP contribution in [0.1, 0.15) is 23.7 Å². The van der Waals surface area contributed by atoms with E-state index in [1.54, 1.807) is 25.3 Å². The Balaban J connectivity index is 2.79. The largest absolute Gasteiger partial charge is 0.494 e. The van der Waals surface area contributed by atoms with E-state index in [9.17, 15) is 4.79 Å². The second-order valence-corrected chi connectivity index (χ2v) is 4.36. The summed E-state index contributed by atoms with van der Waals surface area (Å²) in [5, 5.41) is 11.8. The van der Waals surface area contributed by atoms with E-state index in [1.807, 2.05) is 6.92 Å². The first-order valence-corrected chi connectivity index (χ1v) is 6.54. The van der Waals surface area contributed by atoms with E-state index in [2.05, 4.69) is 5.32 Å². The monoisotopic (exact) mass is 282 g/mol. The number of amides is 1. The van der Waals surface area contributed by atoms with Crippen LogP contribution in [0.25, 0.3) is 0 Å². The fourth-order valence-corrected chi connectivity index (χ4v) is 1.83. The zero-order chi connectivity index (χ0) is 15.0. The number of nitrogens with two attached hydrogens (primary N) is 1. The predicted molar refractivity (Wildman–Crippen MR) is 76.9 cm³/mol. The first-order chi connectivity index (χ1) is 9.60. The minimum absolute atomic E-state index is 0.0184. The molecule has 1 atom stereocenters. The van der Waals surface area contributed by atoms with Crippen molar-refractivity contribution in [3.8, 4) is 5.75 Å². The van der Waals surface area contributed by atoms with Gasteiger partial charge in [-0.15, -0.1) is 0 Å². The van der Waals surface area contributed by atoms with Gasteiger partial charge < -0.3 is 25.6 Å². The number of rotatable bonds is 8. The van der Waals surface area contributed by atoms with Gasteiger partial charge in [0.2, 0.25) is 0 Å². The van der Waals surface area contributed by atoms with Gasteiger partial charge >= 0.3 is 0 Å². The maximum atomic E-state index is 12.2. The van der Waals surface area contributed by atoms with Gasteiger partial charge in [-0.05, 0) is 25.5 Å². The van der Waals surface area contributed by atoms with Gasteiger partial charge in [0.1, 0.15) is 5.75 Å². The molecule has 1 amide bonds. The Bertz CT molecular complexity index is 431. The summed E-state index contributed by atoms with van der Waals surface area (Å²) in [6.07, 6.45) is 0.431. The highest BCUT2D eigenvalue weighted by atomic mass is 16.5. The number of nitrogens with one attached hydrogen (secondary N) is 1. The minimum Gasteiger partial charge on any atom is -0.494 e. The van der Waals surface area contributed by atoms with Crippen LogP contribution >= 0.6 is 0 Å². The molecule has 1 unspecified atom stereocenters. The first kappa shape index (κ1) is 16.3. The minimum atomic E-state index is -0.270. The summed E-state index contributed by atoms with van der Waals surface area (Å²) in [4.78, 5) is 12.2. The van der Waals surface area contributed by atoms with Crippen molar-refractivity contribution in [2.45, 2.75) is 19.4 Å². The molecule has 6 heteroatoms. The molecule has 0 radical (unpaired) electrons. The van der Waals surface area contributed by atoms with Crippen LogP contribution < -0.4 is 15.8 Å². The molecule has 0 saturated carbocycles. The Kier molecular flexibility index (Phi) is 6.83. The molecule has 0 aliphatic rings. The second-order valence-electron chi connectivity index (χ2n) is 4.36. The third kappa shape index (κ3) is 5.07. The number of carbonyl (C=O) groups excluding carboxylic acids is 1. The van der Waals surface area contributed by atoms with Crippen LogP contribution in [0.2, 0.25) is 0 Å². The van der Waals surface area contributed by atoms with Crippen molar-refractivity contribution in [3.05, 3.63) is 23.8 Å². The van der Waals surface area contributed by atoms with Gasteiger partial charge in [0, 0.05) is 31.0 Å². The van der Waals surface area contributed by atoms with E-state index in [-0.39, 0.29) is 18.6 Å². The average molecular weight is 282 g/mol. The summed E-state index contributed by atoms with van der Waals surface area (Å²) in [6, 6.07) is 4.65. The number of hydrogen-bond acceptors (Lipinski definition) is 5. The molecule has 0 spiro atoms. The van der Waals surface area contributed by atoms with Crippen molar-refractivity contribution in [2.75, 3.05) is 32.7 Å². The maximum absolute atomic E-state index is 12.2. The SMILES string of the molecule is CCOc1cc(N)cc(C(=O)NC(CCO)COC)c1. The molecule has 0 fully saturated rings. The van der Waals surface area contributed by atoms with Gasteiger partial charge in [0.15, 0.2) is 0 Å². The molecule has 0 bridgehead atoms. The maximum Gasteiger partial charge on any atom is 0.251 e. The Hall–Kier alpha value is -1.79. The van der Waals surface area contributed by atoms with Gasteiger partial charge in [-0.2, -0.15) is 0 Å². The molecule has 0 aromatic heterocycles. The molecule has 0 saturated heterocycles. The van der Waals surface area contributed by atoms with Crippen molar-refractivity contribution in [1.29, 1.82) is 0 Å². The van der Waals surface area contributed by atoms with Crippen LogP contribution in [0.5, 0.6) is 5.75 Å². The number of carbonyl (C=O) groups is 1. The Morgan fingerprint density at radius 3 is 2.80 bits per heavy atom. The number of methoxy groups -OCH3 is 1. The second kappa shape index (κ2) is 8.39. The van der Waals surface area contributed by atoms with Gasteiger partial charge in [-0.25, -0.2) is 0 Å². The molecule has 112 valence electrons. The molecular formula is C14H22N2O4. The lowest BCUT2D eigenvalue weighted by molar-refractivity contribution is 0.0878. The van der Waals surface area contributed by atoms with Gasteiger partial charge in [-0.1, -0.05) is 0 Å². The van der Waals surface area contributed by atoms with E-state index < -0.39 is 0 Å². The molecule has 20 heavy (non-hydrogen) atoms. The lowest BCUT2D eigenvalue weighted by atomic mass is 10.1. The zero-order valence-electron chi connectivity index (χ0n) is 11.9. The highest BCUT2D eigenvalue weighted by Gasteiger charge is 2.14. The fourth-order valence-electron chi connectivity index (χ4n) is 1.83. The topological polar surface area (TPSA) is 93.8 Å². The number of benzene rings is 1. The number of hydrogen-bond donors (Lipinski definition) is 3. The lowest BCUT2D eigenvalue weighted by Crippen LogP contribution is -2.38. The average Bonchev–Trinajstić information content (AvgIpc) is 2.39. The van der Waals surface area contributed by atoms with Crippen molar-refractivity contribution in [2.24, 2.45) is 0 Å². The van der Waals surface area contributed by atoms with E-state index in [4.69, 9.17) is 20.3 Å². The number of aliphatic hydroxyl groups is 1. The standard InChI is InChI=1S/C14H22N2O4/c1-3-20-13-7-10(6-11(15)8-13)14(18)16-12(4-5-17)9-19-2/h6-8,12,17H,3-5,9,15H2,1-2H3,(H,16,18). The van der Waals surface area contributed by atoms with E-state index in [0.717, 1.165) is 0 Å². The highest BCUT2D eigenvalue weighted by molar-refractivity contribution is 5.95. The van der Waals surface area contributed by atoms with Gasteiger partial charge in [-0.3, -0.25) is 4.79 Å². The Morgan fingerprint density at radius 1 is 1.45 bits per heavy atom. The summed E-state index contributed by atoms with van der Waals surface area (Å²) in [6.45, 7) is 2.68. The number of nitrogen functional groups attached to an aromatic ring is 1. The summed E-state index contributed by atoms with van der Waals surface area (Å²) in [5.74, 6) is 0.289. The third-order valence-corrected chi connectivity index (χ3v) is 2.68. The quantitative estimate of drug-likeness (QED) is 0.613. The summed E-state index contributed by atoms with van der Waals surface area (Å²) in [7, 11) is 1.55. The molecule has 0 aliphatic heterocycles. The fraction of sp³-hybridized carbons (Fsp3) is 0.500. The van der Waals surface area contributed by atoms with Crippen LogP contribution in [-0.2, 0) is 4.74 Å². The molecular weight excluding hydrogens is 260 g/mol. The molecule has 0 heterocycles. The summed E-state index contributed by atoms with van der Waals surface area (Å²) >= 11 is 0. The zero-order valence-corrected chi connectivity index (χ0v) is 11.9. The lowest BCUT2D eigenvalue weighted by Gasteiger charge is -2.17. The molecule has 6 nitrogen and oxygen atoms in total.